The molecule has 0 unspecified atom stereocenters. The highest BCUT2D eigenvalue weighted by molar-refractivity contribution is 7.92. The Bertz CT molecular complexity index is 974. The van der Waals surface area contributed by atoms with Crippen LogP contribution in [-0.4, -0.2) is 53.6 Å². The van der Waals surface area contributed by atoms with Crippen LogP contribution in [0, 0.1) is 0 Å². The van der Waals surface area contributed by atoms with Crippen molar-refractivity contribution >= 4 is 21.6 Å². The molecule has 3 rings (SSSR count). The van der Waals surface area contributed by atoms with Crippen molar-refractivity contribution in [3.05, 3.63) is 42.0 Å². The molecule has 2 aromatic rings. The van der Waals surface area contributed by atoms with Gasteiger partial charge in [0.05, 0.1) is 31.2 Å². The molecule has 0 saturated heterocycles. The summed E-state index contributed by atoms with van der Waals surface area (Å²) in [6.07, 6.45) is 0. The Kier molecular flexibility index (Phi) is 5.13. The topological polar surface area (TPSA) is 94.2 Å². The number of carbonyl (C=O) groups excluding carboxylic acids is 1. The Labute approximate surface area is 157 Å². The standard InChI is InChI=1S/C18H20N2O6S/c1-20-8-9-26-15-6-4-12(10-14(15)18(20)21)19-27(22,23)13-5-7-16(24-2)17(11-13)25-3/h4-7,10-11,19H,8-9H2,1-3H3. The summed E-state index contributed by atoms with van der Waals surface area (Å²) in [5.41, 5.74) is 0.568. The first-order chi connectivity index (χ1) is 12.9. The molecule has 0 aliphatic carbocycles. The summed E-state index contributed by atoms with van der Waals surface area (Å²) in [5, 5.41) is 0. The summed E-state index contributed by atoms with van der Waals surface area (Å²) >= 11 is 0. The number of nitrogens with zero attached hydrogens (tertiary/aromatic N) is 1. The zero-order valence-electron chi connectivity index (χ0n) is 15.2. The fourth-order valence-corrected chi connectivity index (χ4v) is 3.75. The Morgan fingerprint density at radius 3 is 2.52 bits per heavy atom. The first-order valence-electron chi connectivity index (χ1n) is 8.13. The summed E-state index contributed by atoms with van der Waals surface area (Å²) in [7, 11) is 0.674. The molecule has 27 heavy (non-hydrogen) atoms. The second-order valence-electron chi connectivity index (χ2n) is 5.91. The maximum Gasteiger partial charge on any atom is 0.262 e. The van der Waals surface area contributed by atoms with Gasteiger partial charge >= 0.3 is 0 Å². The number of fused-ring (bicyclic) bond motifs is 1. The second-order valence-corrected chi connectivity index (χ2v) is 7.59. The van der Waals surface area contributed by atoms with E-state index in [4.69, 9.17) is 14.2 Å². The van der Waals surface area contributed by atoms with Gasteiger partial charge in [-0.15, -0.1) is 0 Å². The van der Waals surface area contributed by atoms with Crippen LogP contribution < -0.4 is 18.9 Å². The van der Waals surface area contributed by atoms with E-state index >= 15 is 0 Å². The maximum atomic E-state index is 12.7. The minimum Gasteiger partial charge on any atom is -0.493 e. The van der Waals surface area contributed by atoms with Gasteiger partial charge in [-0.2, -0.15) is 0 Å². The zero-order chi connectivity index (χ0) is 19.6. The van der Waals surface area contributed by atoms with E-state index in [0.29, 0.717) is 36.0 Å². The smallest absolute Gasteiger partial charge is 0.262 e. The van der Waals surface area contributed by atoms with Gasteiger partial charge in [-0.3, -0.25) is 9.52 Å². The summed E-state index contributed by atoms with van der Waals surface area (Å²) in [6, 6.07) is 8.89. The number of likely N-dealkylation sites (N-methyl/N-ethyl adjacent to an activating group) is 1. The zero-order valence-corrected chi connectivity index (χ0v) is 16.0. The van der Waals surface area contributed by atoms with Crippen molar-refractivity contribution in [2.75, 3.05) is 39.1 Å². The van der Waals surface area contributed by atoms with Crippen LogP contribution in [0.15, 0.2) is 41.3 Å². The van der Waals surface area contributed by atoms with E-state index in [0.717, 1.165) is 0 Å². The molecule has 1 aliphatic heterocycles. The number of ether oxygens (including phenoxy) is 3. The van der Waals surface area contributed by atoms with Crippen LogP contribution in [0.1, 0.15) is 10.4 Å². The number of benzene rings is 2. The molecular formula is C18H20N2O6S. The van der Waals surface area contributed by atoms with Crippen molar-refractivity contribution in [3.63, 3.8) is 0 Å². The first-order valence-corrected chi connectivity index (χ1v) is 9.61. The summed E-state index contributed by atoms with van der Waals surface area (Å²) in [5.74, 6) is 0.924. The highest BCUT2D eigenvalue weighted by atomic mass is 32.2. The average molecular weight is 392 g/mol. The molecule has 2 aromatic carbocycles. The van der Waals surface area contributed by atoms with E-state index in [2.05, 4.69) is 4.72 Å². The number of methoxy groups -OCH3 is 2. The molecule has 0 spiro atoms. The lowest BCUT2D eigenvalue weighted by Gasteiger charge is -2.14. The van der Waals surface area contributed by atoms with Crippen molar-refractivity contribution < 1.29 is 27.4 Å². The van der Waals surface area contributed by atoms with Gasteiger partial charge in [-0.25, -0.2) is 8.42 Å². The van der Waals surface area contributed by atoms with Gasteiger partial charge in [0.25, 0.3) is 15.9 Å². The van der Waals surface area contributed by atoms with E-state index in [9.17, 15) is 13.2 Å². The molecule has 1 amide bonds. The largest absolute Gasteiger partial charge is 0.493 e. The minimum atomic E-state index is -3.89. The lowest BCUT2D eigenvalue weighted by Crippen LogP contribution is -2.27. The third-order valence-electron chi connectivity index (χ3n) is 4.16. The molecule has 0 saturated carbocycles. The minimum absolute atomic E-state index is 0.00906. The average Bonchev–Trinajstić information content (AvgIpc) is 2.80. The monoisotopic (exact) mass is 392 g/mol. The number of hydrogen-bond donors (Lipinski definition) is 1. The third-order valence-corrected chi connectivity index (χ3v) is 5.54. The van der Waals surface area contributed by atoms with E-state index < -0.39 is 10.0 Å². The van der Waals surface area contributed by atoms with Crippen molar-refractivity contribution in [1.29, 1.82) is 0 Å². The Morgan fingerprint density at radius 1 is 1.07 bits per heavy atom. The fraction of sp³-hybridized carbons (Fsp3) is 0.278. The van der Waals surface area contributed by atoms with Crippen LogP contribution >= 0.6 is 0 Å². The van der Waals surface area contributed by atoms with E-state index in [1.54, 1.807) is 19.2 Å². The number of hydrogen-bond acceptors (Lipinski definition) is 6. The first kappa shape index (κ1) is 18.8. The molecule has 144 valence electrons. The van der Waals surface area contributed by atoms with Crippen LogP contribution in [0.25, 0.3) is 0 Å². The van der Waals surface area contributed by atoms with E-state index in [1.807, 2.05) is 0 Å². The quantitative estimate of drug-likeness (QED) is 0.836. The van der Waals surface area contributed by atoms with Gasteiger partial charge in [-0.1, -0.05) is 0 Å². The van der Waals surface area contributed by atoms with Crippen LogP contribution in [0.5, 0.6) is 17.2 Å². The van der Waals surface area contributed by atoms with Gasteiger partial charge in [0, 0.05) is 18.8 Å². The highest BCUT2D eigenvalue weighted by Gasteiger charge is 2.23. The number of nitrogens with one attached hydrogen (secondary N) is 1. The molecule has 1 aliphatic rings. The number of anilines is 1. The van der Waals surface area contributed by atoms with Gasteiger partial charge in [0.15, 0.2) is 11.5 Å². The molecule has 0 aromatic heterocycles. The van der Waals surface area contributed by atoms with Gasteiger partial charge in [0.2, 0.25) is 0 Å². The van der Waals surface area contributed by atoms with Crippen molar-refractivity contribution in [2.45, 2.75) is 4.90 Å². The van der Waals surface area contributed by atoms with Crippen LogP contribution in [0.4, 0.5) is 5.69 Å². The van der Waals surface area contributed by atoms with E-state index in [1.165, 1.54) is 43.4 Å². The van der Waals surface area contributed by atoms with Crippen LogP contribution in [0.3, 0.4) is 0 Å². The van der Waals surface area contributed by atoms with E-state index in [-0.39, 0.29) is 16.5 Å². The predicted octanol–water partition coefficient (Wildman–Crippen LogP) is 1.97. The molecule has 0 radical (unpaired) electrons. The molecule has 1 N–H and O–H groups in total. The summed E-state index contributed by atoms with van der Waals surface area (Å²) < 4.78 is 43.7. The number of rotatable bonds is 5. The maximum absolute atomic E-state index is 12.7. The molecule has 0 fully saturated rings. The summed E-state index contributed by atoms with van der Waals surface area (Å²) in [4.78, 5) is 14.0. The second kappa shape index (κ2) is 7.36. The number of amides is 1. The Morgan fingerprint density at radius 2 is 1.81 bits per heavy atom. The van der Waals surface area contributed by atoms with Crippen LogP contribution in [-0.2, 0) is 10.0 Å². The number of carbonyl (C=O) groups is 1. The molecular weight excluding hydrogens is 372 g/mol. The molecule has 0 bridgehead atoms. The summed E-state index contributed by atoms with van der Waals surface area (Å²) in [6.45, 7) is 0.839. The molecule has 1 heterocycles. The Balaban J connectivity index is 1.93. The number of sulfonamides is 1. The predicted molar refractivity (Wildman–Crippen MR) is 99.3 cm³/mol. The van der Waals surface area contributed by atoms with Crippen molar-refractivity contribution in [1.82, 2.24) is 4.90 Å². The van der Waals surface area contributed by atoms with Gasteiger partial charge in [-0.05, 0) is 30.3 Å². The Hall–Kier alpha value is -2.94. The third kappa shape index (κ3) is 3.77. The SMILES string of the molecule is COc1ccc(S(=O)(=O)Nc2ccc3c(c2)C(=O)N(C)CCO3)cc1OC. The lowest BCUT2D eigenvalue weighted by molar-refractivity contribution is 0.0796. The van der Waals surface area contributed by atoms with Gasteiger partial charge in [0.1, 0.15) is 12.4 Å². The van der Waals surface area contributed by atoms with Crippen LogP contribution in [0.2, 0.25) is 0 Å². The molecule has 9 heteroatoms. The van der Waals surface area contributed by atoms with Crippen molar-refractivity contribution in [2.24, 2.45) is 0 Å². The fourth-order valence-electron chi connectivity index (χ4n) is 2.68. The molecule has 0 atom stereocenters. The van der Waals surface area contributed by atoms with Gasteiger partial charge < -0.3 is 19.1 Å². The normalized spacial score (nSPS) is 14.0. The highest BCUT2D eigenvalue weighted by Crippen LogP contribution is 2.31. The lowest BCUT2D eigenvalue weighted by atomic mass is 10.1. The van der Waals surface area contributed by atoms with Crippen molar-refractivity contribution in [3.8, 4) is 17.2 Å². The molecule has 8 nitrogen and oxygen atoms in total.